The molecule has 1 amide bonds. The first kappa shape index (κ1) is 18.7. The summed E-state index contributed by atoms with van der Waals surface area (Å²) in [6.07, 6.45) is 2.15. The number of carbonyl (C=O) groups is 2. The number of primary amides is 1. The number of hydrogen-bond acceptors (Lipinski definition) is 5. The first-order chi connectivity index (χ1) is 12.5. The minimum Gasteiger partial charge on any atom is -0.493 e. The van der Waals surface area contributed by atoms with Gasteiger partial charge in [0.05, 0.1) is 7.11 Å². The van der Waals surface area contributed by atoms with Gasteiger partial charge in [-0.2, -0.15) is 5.26 Å². The molecule has 26 heavy (non-hydrogen) atoms. The van der Waals surface area contributed by atoms with Crippen LogP contribution in [0.1, 0.15) is 17.5 Å². The van der Waals surface area contributed by atoms with Crippen molar-refractivity contribution in [1.29, 1.82) is 5.26 Å². The van der Waals surface area contributed by atoms with Gasteiger partial charge in [0.1, 0.15) is 11.6 Å². The smallest absolute Gasteiger partial charge is 0.311 e. The monoisotopic (exact) mass is 350 g/mol. The van der Waals surface area contributed by atoms with Crippen molar-refractivity contribution in [2.24, 2.45) is 5.73 Å². The highest BCUT2D eigenvalue weighted by Crippen LogP contribution is 2.29. The molecule has 2 rings (SSSR count). The van der Waals surface area contributed by atoms with Crippen molar-refractivity contribution in [3.05, 3.63) is 65.2 Å². The lowest BCUT2D eigenvalue weighted by atomic mass is 10.1. The number of esters is 1. The number of nitriles is 1. The molecule has 0 aliphatic heterocycles. The predicted molar refractivity (Wildman–Crippen MR) is 96.2 cm³/mol. The zero-order valence-corrected chi connectivity index (χ0v) is 14.3. The molecule has 6 nitrogen and oxygen atoms in total. The van der Waals surface area contributed by atoms with Crippen molar-refractivity contribution < 1.29 is 19.1 Å². The Kier molecular flexibility index (Phi) is 6.52. The molecule has 0 unspecified atom stereocenters. The Morgan fingerprint density at radius 2 is 1.88 bits per heavy atom. The Hall–Kier alpha value is -3.59. The van der Waals surface area contributed by atoms with E-state index in [-0.39, 0.29) is 23.7 Å². The number of hydrogen-bond donors (Lipinski definition) is 1. The van der Waals surface area contributed by atoms with Gasteiger partial charge in [-0.05, 0) is 35.8 Å². The molecule has 132 valence electrons. The highest BCUT2D eigenvalue weighted by molar-refractivity contribution is 6.00. The number of rotatable bonds is 7. The predicted octanol–water partition coefficient (Wildman–Crippen LogP) is 2.63. The van der Waals surface area contributed by atoms with E-state index in [0.717, 1.165) is 5.56 Å². The molecule has 2 aromatic rings. The van der Waals surface area contributed by atoms with E-state index < -0.39 is 5.91 Å². The topological polar surface area (TPSA) is 102 Å². The Bertz CT molecular complexity index is 867. The van der Waals surface area contributed by atoms with Gasteiger partial charge in [-0.3, -0.25) is 9.59 Å². The van der Waals surface area contributed by atoms with Crippen LogP contribution in [0.15, 0.2) is 54.1 Å². The van der Waals surface area contributed by atoms with Gasteiger partial charge in [-0.15, -0.1) is 0 Å². The molecule has 0 aliphatic rings. The maximum Gasteiger partial charge on any atom is 0.311 e. The van der Waals surface area contributed by atoms with Crippen LogP contribution in [0.4, 0.5) is 0 Å². The first-order valence-electron chi connectivity index (χ1n) is 7.87. The Labute approximate surface area is 151 Å². The molecule has 0 saturated carbocycles. The van der Waals surface area contributed by atoms with Crippen molar-refractivity contribution in [1.82, 2.24) is 0 Å². The molecule has 0 bridgehead atoms. The van der Waals surface area contributed by atoms with E-state index >= 15 is 0 Å². The molecule has 0 radical (unpaired) electrons. The van der Waals surface area contributed by atoms with Gasteiger partial charge in [-0.1, -0.05) is 36.4 Å². The second-order valence-corrected chi connectivity index (χ2v) is 5.40. The van der Waals surface area contributed by atoms with Crippen LogP contribution in [0.5, 0.6) is 11.5 Å². The van der Waals surface area contributed by atoms with Crippen LogP contribution in [0.25, 0.3) is 6.08 Å². The number of methoxy groups -OCH3 is 1. The zero-order chi connectivity index (χ0) is 18.9. The number of nitrogens with two attached hydrogens (primary N) is 1. The average molecular weight is 350 g/mol. The van der Waals surface area contributed by atoms with Gasteiger partial charge >= 0.3 is 5.97 Å². The van der Waals surface area contributed by atoms with Crippen molar-refractivity contribution >= 4 is 18.0 Å². The maximum absolute atomic E-state index is 12.1. The molecule has 0 spiro atoms. The Balaban J connectivity index is 2.08. The fourth-order valence-corrected chi connectivity index (χ4v) is 2.25. The average Bonchev–Trinajstić information content (AvgIpc) is 2.66. The third kappa shape index (κ3) is 5.21. The highest BCUT2D eigenvalue weighted by Gasteiger charge is 2.12. The first-order valence-corrected chi connectivity index (χ1v) is 7.87. The SMILES string of the molecule is COc1cc(/C=C(\C#N)C(N)=O)ccc1OC(=O)CCc1ccccc1. The molecule has 0 aromatic heterocycles. The van der Waals surface area contributed by atoms with Crippen molar-refractivity contribution in [3.63, 3.8) is 0 Å². The number of nitrogens with zero attached hydrogens (tertiary/aromatic N) is 1. The summed E-state index contributed by atoms with van der Waals surface area (Å²) >= 11 is 0. The Morgan fingerprint density at radius 1 is 1.15 bits per heavy atom. The Morgan fingerprint density at radius 3 is 2.50 bits per heavy atom. The van der Waals surface area contributed by atoms with Gasteiger partial charge in [0, 0.05) is 6.42 Å². The molecule has 0 fully saturated rings. The molecule has 0 saturated heterocycles. The molecular weight excluding hydrogens is 332 g/mol. The van der Waals surface area contributed by atoms with Crippen LogP contribution in [-0.2, 0) is 16.0 Å². The van der Waals surface area contributed by atoms with Gasteiger partial charge in [-0.25, -0.2) is 0 Å². The summed E-state index contributed by atoms with van der Waals surface area (Å²) in [7, 11) is 1.43. The van der Waals surface area contributed by atoms with E-state index in [9.17, 15) is 9.59 Å². The van der Waals surface area contributed by atoms with Gasteiger partial charge in [0.15, 0.2) is 11.5 Å². The lowest BCUT2D eigenvalue weighted by Crippen LogP contribution is -2.12. The number of ether oxygens (including phenoxy) is 2. The van der Waals surface area contributed by atoms with Crippen molar-refractivity contribution in [3.8, 4) is 17.6 Å². The van der Waals surface area contributed by atoms with E-state index in [0.29, 0.717) is 17.7 Å². The number of amides is 1. The summed E-state index contributed by atoms with van der Waals surface area (Å²) < 4.78 is 10.6. The van der Waals surface area contributed by atoms with E-state index in [2.05, 4.69) is 0 Å². The lowest BCUT2D eigenvalue weighted by Gasteiger charge is -2.10. The summed E-state index contributed by atoms with van der Waals surface area (Å²) in [6.45, 7) is 0. The lowest BCUT2D eigenvalue weighted by molar-refractivity contribution is -0.134. The van der Waals surface area contributed by atoms with Crippen LogP contribution < -0.4 is 15.2 Å². The standard InChI is InChI=1S/C20H18N2O4/c1-25-18-12-15(11-16(13-21)20(22)24)7-9-17(18)26-19(23)10-8-14-5-3-2-4-6-14/h2-7,9,11-12H,8,10H2,1H3,(H2,22,24)/b16-11+. The summed E-state index contributed by atoms with van der Waals surface area (Å²) in [5.41, 5.74) is 6.51. The molecule has 6 heteroatoms. The second kappa shape index (κ2) is 9.04. The quantitative estimate of drug-likeness (QED) is 0.358. The third-order valence-electron chi connectivity index (χ3n) is 3.57. The highest BCUT2D eigenvalue weighted by atomic mass is 16.6. The maximum atomic E-state index is 12.1. The summed E-state index contributed by atoms with van der Waals surface area (Å²) in [4.78, 5) is 23.2. The fraction of sp³-hybridized carbons (Fsp3) is 0.150. The van der Waals surface area contributed by atoms with Crippen LogP contribution in [0.2, 0.25) is 0 Å². The minimum absolute atomic E-state index is 0.181. The van der Waals surface area contributed by atoms with Gasteiger partial charge < -0.3 is 15.2 Å². The van der Waals surface area contributed by atoms with Crippen LogP contribution in [-0.4, -0.2) is 19.0 Å². The summed E-state index contributed by atoms with van der Waals surface area (Å²) in [5.74, 6) is -0.623. The van der Waals surface area contributed by atoms with E-state index in [1.54, 1.807) is 24.3 Å². The van der Waals surface area contributed by atoms with Crippen molar-refractivity contribution in [2.75, 3.05) is 7.11 Å². The fourth-order valence-electron chi connectivity index (χ4n) is 2.25. The van der Waals surface area contributed by atoms with Gasteiger partial charge in [0.25, 0.3) is 5.91 Å². The van der Waals surface area contributed by atoms with Crippen molar-refractivity contribution in [2.45, 2.75) is 12.8 Å². The molecule has 0 aliphatic carbocycles. The number of carbonyl (C=O) groups excluding carboxylic acids is 2. The third-order valence-corrected chi connectivity index (χ3v) is 3.57. The summed E-state index contributed by atoms with van der Waals surface area (Å²) in [6, 6.07) is 16.1. The number of benzene rings is 2. The summed E-state index contributed by atoms with van der Waals surface area (Å²) in [5, 5.41) is 8.89. The number of aryl methyl sites for hydroxylation is 1. The van der Waals surface area contributed by atoms with Gasteiger partial charge in [0.2, 0.25) is 0 Å². The van der Waals surface area contributed by atoms with Crippen LogP contribution in [0, 0.1) is 11.3 Å². The minimum atomic E-state index is -0.817. The van der Waals surface area contributed by atoms with E-state index in [1.807, 2.05) is 30.3 Å². The van der Waals surface area contributed by atoms with E-state index in [1.165, 1.54) is 13.2 Å². The molecule has 2 N–H and O–H groups in total. The molecular formula is C20H18N2O4. The normalized spacial score (nSPS) is 10.7. The largest absolute Gasteiger partial charge is 0.493 e. The second-order valence-electron chi connectivity index (χ2n) is 5.40. The molecule has 0 atom stereocenters. The van der Waals surface area contributed by atoms with Crippen LogP contribution >= 0.6 is 0 Å². The van der Waals surface area contributed by atoms with Crippen LogP contribution in [0.3, 0.4) is 0 Å². The molecule has 2 aromatic carbocycles. The zero-order valence-electron chi connectivity index (χ0n) is 14.3. The molecule has 0 heterocycles. The van der Waals surface area contributed by atoms with E-state index in [4.69, 9.17) is 20.5 Å².